The Morgan fingerprint density at radius 3 is 2.17 bits per heavy atom. The van der Waals surface area contributed by atoms with E-state index in [1.807, 2.05) is 54.6 Å². The van der Waals surface area contributed by atoms with Crippen LogP contribution in [-0.2, 0) is 33.4 Å². The van der Waals surface area contributed by atoms with Crippen molar-refractivity contribution in [1.29, 1.82) is 5.26 Å². The van der Waals surface area contributed by atoms with E-state index in [1.165, 1.54) is 6.07 Å². The Hall–Kier alpha value is -3.47. The van der Waals surface area contributed by atoms with E-state index < -0.39 is 25.5 Å². The highest BCUT2D eigenvalue weighted by atomic mass is 31.2. The summed E-state index contributed by atoms with van der Waals surface area (Å²) in [5.74, 6) is -1.19. The summed E-state index contributed by atoms with van der Waals surface area (Å²) in [6.07, 6.45) is -2.31. The van der Waals surface area contributed by atoms with E-state index >= 15 is 0 Å². The summed E-state index contributed by atoms with van der Waals surface area (Å²) in [5, 5.41) is 21.9. The molecule has 0 fully saturated rings. The van der Waals surface area contributed by atoms with E-state index in [0.29, 0.717) is 11.1 Å². The lowest BCUT2D eigenvalue weighted by atomic mass is 10.2. The number of ether oxygens (including phenoxy) is 2. The van der Waals surface area contributed by atoms with Crippen molar-refractivity contribution in [2.24, 2.45) is 0 Å². The summed E-state index contributed by atoms with van der Waals surface area (Å²) in [4.78, 5) is 23.4. The van der Waals surface area contributed by atoms with Crippen molar-refractivity contribution in [1.82, 2.24) is 5.32 Å². The first-order valence-electron chi connectivity index (χ1n) is 11.5. The molecular weight excluding hydrogens is 479 g/mol. The molecule has 0 saturated heterocycles. The molecule has 9 heteroatoms. The van der Waals surface area contributed by atoms with E-state index in [-0.39, 0.29) is 32.2 Å². The highest BCUT2D eigenvalue weighted by Gasteiger charge is 2.33. The molecule has 0 spiro atoms. The molecular formula is C27H29N2O6P. The number of rotatable bonds is 12. The molecule has 0 heterocycles. The van der Waals surface area contributed by atoms with Crippen LogP contribution in [0.5, 0.6) is 0 Å². The minimum absolute atomic E-state index is 0.00213. The van der Waals surface area contributed by atoms with E-state index in [2.05, 4.69) is 5.32 Å². The van der Waals surface area contributed by atoms with Gasteiger partial charge in [-0.1, -0.05) is 72.8 Å². The topological polar surface area (TPSA) is 129 Å². The fraction of sp³-hybridized carbons (Fsp3) is 0.259. The monoisotopic (exact) mass is 508 g/mol. The van der Waals surface area contributed by atoms with Gasteiger partial charge < -0.3 is 24.8 Å². The maximum absolute atomic E-state index is 13.4. The molecule has 0 bridgehead atoms. The number of nitrogens with one attached hydrogen (secondary N) is 1. The Bertz CT molecular complexity index is 1200. The van der Waals surface area contributed by atoms with Crippen molar-refractivity contribution >= 4 is 13.5 Å². The molecule has 0 saturated carbocycles. The minimum Gasteiger partial charge on any atom is -0.445 e. The number of benzene rings is 3. The summed E-state index contributed by atoms with van der Waals surface area (Å²) < 4.78 is 24.1. The molecule has 3 aromatic carbocycles. The Balaban J connectivity index is 1.64. The molecule has 3 aromatic rings. The molecule has 3 N–H and O–H groups in total. The Morgan fingerprint density at radius 1 is 0.917 bits per heavy atom. The zero-order chi connectivity index (χ0) is 25.8. The molecule has 8 nitrogen and oxygen atoms in total. The van der Waals surface area contributed by atoms with E-state index in [4.69, 9.17) is 14.7 Å². The Labute approximate surface area is 210 Å². The zero-order valence-corrected chi connectivity index (χ0v) is 20.6. The minimum atomic E-state index is -4.03. The van der Waals surface area contributed by atoms with Gasteiger partial charge in [0.1, 0.15) is 12.4 Å². The maximum atomic E-state index is 13.4. The fourth-order valence-electron chi connectivity index (χ4n) is 3.54. The maximum Gasteiger partial charge on any atom is 0.408 e. The number of aliphatic hydroxyl groups excluding tert-OH is 1. The second-order valence-corrected chi connectivity index (χ2v) is 10.7. The number of hydrogen-bond donors (Lipinski definition) is 3. The zero-order valence-electron chi connectivity index (χ0n) is 19.7. The van der Waals surface area contributed by atoms with Crippen LogP contribution in [0.25, 0.3) is 0 Å². The van der Waals surface area contributed by atoms with Crippen LogP contribution in [0.2, 0.25) is 0 Å². The van der Waals surface area contributed by atoms with Gasteiger partial charge >= 0.3 is 6.09 Å². The fourth-order valence-corrected chi connectivity index (χ4v) is 5.34. The molecule has 0 aromatic heterocycles. The first-order valence-corrected chi connectivity index (χ1v) is 13.4. The average molecular weight is 509 g/mol. The third-order valence-electron chi connectivity index (χ3n) is 5.42. The Morgan fingerprint density at radius 2 is 1.53 bits per heavy atom. The molecule has 1 amide bonds. The summed E-state index contributed by atoms with van der Waals surface area (Å²) in [6.45, 7) is 0.180. The van der Waals surface area contributed by atoms with Crippen molar-refractivity contribution in [2.75, 3.05) is 0 Å². The lowest BCUT2D eigenvalue weighted by Crippen LogP contribution is -2.36. The summed E-state index contributed by atoms with van der Waals surface area (Å²) in [7, 11) is -4.03. The highest BCUT2D eigenvalue weighted by Crippen LogP contribution is 2.50. The van der Waals surface area contributed by atoms with Crippen LogP contribution in [0.4, 0.5) is 4.79 Å². The van der Waals surface area contributed by atoms with Crippen molar-refractivity contribution in [3.8, 4) is 6.07 Å². The number of hydrogen-bond acceptors (Lipinski definition) is 6. The number of amides is 1. The van der Waals surface area contributed by atoms with Gasteiger partial charge in [0.15, 0.2) is 6.29 Å². The number of carbonyl (C=O) groups is 1. The van der Waals surface area contributed by atoms with Crippen LogP contribution in [0.15, 0.2) is 84.9 Å². The smallest absolute Gasteiger partial charge is 0.408 e. The van der Waals surface area contributed by atoms with Crippen molar-refractivity contribution in [3.63, 3.8) is 0 Å². The first kappa shape index (κ1) is 27.1. The predicted molar refractivity (Wildman–Crippen MR) is 135 cm³/mol. The van der Waals surface area contributed by atoms with E-state index in [0.717, 1.165) is 11.1 Å². The molecule has 0 radical (unpaired) electrons. The lowest BCUT2D eigenvalue weighted by Gasteiger charge is -2.25. The number of aliphatic hydroxyl groups is 1. The molecule has 3 unspecified atom stereocenters. The van der Waals surface area contributed by atoms with Crippen LogP contribution in [0, 0.1) is 11.3 Å². The van der Waals surface area contributed by atoms with Crippen LogP contribution in [-0.4, -0.2) is 28.2 Å². The number of nitriles is 1. The molecule has 0 aliphatic rings. The van der Waals surface area contributed by atoms with Crippen LogP contribution < -0.4 is 5.32 Å². The van der Waals surface area contributed by atoms with Crippen molar-refractivity contribution < 1.29 is 28.8 Å². The quantitative estimate of drug-likeness (QED) is 0.234. The Kier molecular flexibility index (Phi) is 10.2. The van der Waals surface area contributed by atoms with Crippen molar-refractivity contribution in [2.45, 2.75) is 44.3 Å². The normalized spacial score (nSPS) is 14.1. The first-order chi connectivity index (χ1) is 17.4. The van der Waals surface area contributed by atoms with Gasteiger partial charge in [-0.2, -0.15) is 5.26 Å². The standard InChI is InChI=1S/C27H29N2O6P/c28-17-23-12-7-13-24(16-23)20-36(32,33)25(29-27(31)35-19-22-10-5-2-6-11-22)14-15-26(30)34-18-21-8-3-1-4-9-21/h1-13,16,25-26,30H,14-15,18-20H2,(H,29,31)(H,32,33). The lowest BCUT2D eigenvalue weighted by molar-refractivity contribution is -0.112. The highest BCUT2D eigenvalue weighted by molar-refractivity contribution is 7.57. The third-order valence-corrected chi connectivity index (χ3v) is 7.60. The van der Waals surface area contributed by atoms with Crippen molar-refractivity contribution in [3.05, 3.63) is 107 Å². The number of nitrogens with zero attached hydrogens (tertiary/aromatic N) is 1. The molecule has 36 heavy (non-hydrogen) atoms. The largest absolute Gasteiger partial charge is 0.445 e. The van der Waals surface area contributed by atoms with Crippen LogP contribution >= 0.6 is 7.37 Å². The van der Waals surface area contributed by atoms with E-state index in [1.54, 1.807) is 30.3 Å². The van der Waals surface area contributed by atoms with E-state index in [9.17, 15) is 19.4 Å². The molecule has 3 rings (SSSR count). The number of carbonyl (C=O) groups excluding carboxylic acids is 1. The van der Waals surface area contributed by atoms with Gasteiger partial charge in [-0.15, -0.1) is 0 Å². The third kappa shape index (κ3) is 8.95. The molecule has 188 valence electrons. The SMILES string of the molecule is N#Cc1cccc(CP(=O)(O)C(CCC(O)OCc2ccccc2)NC(=O)OCc2ccccc2)c1. The van der Waals surface area contributed by atoms with Gasteiger partial charge in [0, 0.05) is 6.42 Å². The van der Waals surface area contributed by atoms with Crippen LogP contribution in [0.3, 0.4) is 0 Å². The summed E-state index contributed by atoms with van der Waals surface area (Å²) in [6, 6.07) is 26.8. The number of alkyl carbamates (subject to hydrolysis) is 1. The van der Waals surface area contributed by atoms with Gasteiger partial charge in [0.05, 0.1) is 24.4 Å². The van der Waals surface area contributed by atoms with Crippen LogP contribution in [0.1, 0.15) is 35.1 Å². The van der Waals surface area contributed by atoms with Gasteiger partial charge in [-0.25, -0.2) is 4.79 Å². The molecule has 3 atom stereocenters. The average Bonchev–Trinajstić information content (AvgIpc) is 2.89. The second-order valence-electron chi connectivity index (χ2n) is 8.28. The van der Waals surface area contributed by atoms with Gasteiger partial charge in [-0.05, 0) is 35.2 Å². The van der Waals surface area contributed by atoms with Gasteiger partial charge in [0.2, 0.25) is 7.37 Å². The summed E-state index contributed by atoms with van der Waals surface area (Å²) >= 11 is 0. The van der Waals surface area contributed by atoms with Gasteiger partial charge in [0.25, 0.3) is 0 Å². The predicted octanol–water partition coefficient (Wildman–Crippen LogP) is 4.90. The van der Waals surface area contributed by atoms with Gasteiger partial charge in [-0.3, -0.25) is 4.57 Å². The molecule has 0 aliphatic heterocycles. The molecule has 0 aliphatic carbocycles. The summed E-state index contributed by atoms with van der Waals surface area (Å²) in [5.41, 5.74) is 2.50. The second kappa shape index (κ2) is 13.6.